The Bertz CT molecular complexity index is 1220. The van der Waals surface area contributed by atoms with Crippen LogP contribution in [0.25, 0.3) is 10.2 Å². The van der Waals surface area contributed by atoms with Gasteiger partial charge >= 0.3 is 0 Å². The van der Waals surface area contributed by atoms with Gasteiger partial charge in [0, 0.05) is 18.1 Å². The van der Waals surface area contributed by atoms with Crippen molar-refractivity contribution in [2.45, 2.75) is 37.3 Å². The van der Waals surface area contributed by atoms with Gasteiger partial charge in [-0.1, -0.05) is 35.1 Å². The summed E-state index contributed by atoms with van der Waals surface area (Å²) in [6.07, 6.45) is 0.158. The van der Waals surface area contributed by atoms with Crippen molar-refractivity contribution in [3.05, 3.63) is 52.5 Å². The van der Waals surface area contributed by atoms with Crippen LogP contribution in [0.5, 0.6) is 0 Å². The molecule has 3 rings (SSSR count). The number of aromatic nitrogens is 1. The van der Waals surface area contributed by atoms with Crippen molar-refractivity contribution in [1.29, 1.82) is 0 Å². The van der Waals surface area contributed by atoms with E-state index in [1.165, 1.54) is 11.3 Å². The van der Waals surface area contributed by atoms with Crippen LogP contribution < -0.4 is 4.90 Å². The van der Waals surface area contributed by atoms with Gasteiger partial charge in [0.25, 0.3) is 0 Å². The summed E-state index contributed by atoms with van der Waals surface area (Å²) in [6, 6.07) is 10.3. The summed E-state index contributed by atoms with van der Waals surface area (Å²) in [6.45, 7) is 6.42. The standard InChI is InChI=1S/C23H28ClN3O3S2/c1-15(2)32(29,30)18-8-6-17(7-9-18)14-21(28)27(13-12-26(4)5)23-25-22-16(3)19(24)10-11-20(22)31-23/h6-11,15H,12-14H2,1-5H3. The normalized spacial score (nSPS) is 12.1. The number of benzene rings is 2. The average molecular weight is 494 g/mol. The minimum Gasteiger partial charge on any atom is -0.308 e. The van der Waals surface area contributed by atoms with Crippen molar-refractivity contribution in [3.63, 3.8) is 0 Å². The summed E-state index contributed by atoms with van der Waals surface area (Å²) >= 11 is 7.71. The van der Waals surface area contributed by atoms with E-state index in [9.17, 15) is 13.2 Å². The fourth-order valence-electron chi connectivity index (χ4n) is 3.17. The van der Waals surface area contributed by atoms with Gasteiger partial charge in [-0.05, 0) is 70.3 Å². The number of nitrogens with zero attached hydrogens (tertiary/aromatic N) is 3. The van der Waals surface area contributed by atoms with E-state index in [0.29, 0.717) is 23.2 Å². The maximum absolute atomic E-state index is 13.3. The van der Waals surface area contributed by atoms with E-state index >= 15 is 0 Å². The smallest absolute Gasteiger partial charge is 0.233 e. The Balaban J connectivity index is 1.88. The Morgan fingerprint density at radius 3 is 2.34 bits per heavy atom. The number of likely N-dealkylation sites (N-methyl/N-ethyl adjacent to an activating group) is 1. The lowest BCUT2D eigenvalue weighted by molar-refractivity contribution is -0.118. The van der Waals surface area contributed by atoms with Crippen LogP contribution in [-0.2, 0) is 21.1 Å². The Morgan fingerprint density at radius 1 is 1.09 bits per heavy atom. The van der Waals surface area contributed by atoms with E-state index in [0.717, 1.165) is 21.3 Å². The fourth-order valence-corrected chi connectivity index (χ4v) is 5.45. The number of carbonyl (C=O) groups excluding carboxylic acids is 1. The highest BCUT2D eigenvalue weighted by Gasteiger charge is 2.22. The number of rotatable bonds is 8. The molecular formula is C23H28ClN3O3S2. The third kappa shape index (κ3) is 5.31. The number of sulfone groups is 1. The Kier molecular flexibility index (Phi) is 7.60. The molecule has 9 heteroatoms. The Hall–Kier alpha value is -2.00. The predicted octanol–water partition coefficient (Wildman–Crippen LogP) is 4.58. The summed E-state index contributed by atoms with van der Waals surface area (Å²) in [7, 11) is 0.572. The lowest BCUT2D eigenvalue weighted by Gasteiger charge is -2.22. The number of hydrogen-bond acceptors (Lipinski definition) is 6. The van der Waals surface area contributed by atoms with Crippen LogP contribution in [-0.4, -0.2) is 56.6 Å². The number of anilines is 1. The van der Waals surface area contributed by atoms with Gasteiger partial charge in [-0.3, -0.25) is 9.69 Å². The number of thiazole rings is 1. The van der Waals surface area contributed by atoms with Crippen molar-refractivity contribution in [2.24, 2.45) is 0 Å². The second kappa shape index (κ2) is 9.87. The SMILES string of the molecule is Cc1c(Cl)ccc2sc(N(CCN(C)C)C(=O)Cc3ccc(S(=O)(=O)C(C)C)cc3)nc12. The number of hydrogen-bond donors (Lipinski definition) is 0. The predicted molar refractivity (Wildman–Crippen MR) is 133 cm³/mol. The van der Waals surface area contributed by atoms with Gasteiger partial charge in [0.15, 0.2) is 15.0 Å². The molecule has 32 heavy (non-hydrogen) atoms. The second-order valence-electron chi connectivity index (χ2n) is 8.28. The van der Waals surface area contributed by atoms with Gasteiger partial charge in [0.1, 0.15) is 0 Å². The minimum absolute atomic E-state index is 0.0888. The summed E-state index contributed by atoms with van der Waals surface area (Å²) < 4.78 is 25.7. The zero-order valence-electron chi connectivity index (χ0n) is 18.9. The highest BCUT2D eigenvalue weighted by Crippen LogP contribution is 2.33. The summed E-state index contributed by atoms with van der Waals surface area (Å²) in [5.74, 6) is -0.0888. The van der Waals surface area contributed by atoms with Crippen molar-refractivity contribution >= 4 is 54.0 Å². The zero-order chi connectivity index (χ0) is 23.6. The molecule has 0 saturated heterocycles. The monoisotopic (exact) mass is 493 g/mol. The molecule has 0 aliphatic carbocycles. The molecule has 1 heterocycles. The first kappa shape index (κ1) is 24.6. The summed E-state index contributed by atoms with van der Waals surface area (Å²) in [4.78, 5) is 22.0. The number of amides is 1. The third-order valence-corrected chi connectivity index (χ3v) is 8.89. The van der Waals surface area contributed by atoms with Gasteiger partial charge in [0.05, 0.1) is 26.8 Å². The van der Waals surface area contributed by atoms with E-state index < -0.39 is 15.1 Å². The first-order valence-corrected chi connectivity index (χ1v) is 13.1. The molecule has 172 valence electrons. The van der Waals surface area contributed by atoms with Crippen LogP contribution in [0.4, 0.5) is 5.13 Å². The molecule has 0 N–H and O–H groups in total. The molecule has 6 nitrogen and oxygen atoms in total. The molecule has 0 fully saturated rings. The molecule has 1 amide bonds. The van der Waals surface area contributed by atoms with Crippen molar-refractivity contribution in [3.8, 4) is 0 Å². The van der Waals surface area contributed by atoms with Gasteiger partial charge in [-0.2, -0.15) is 0 Å². The zero-order valence-corrected chi connectivity index (χ0v) is 21.3. The average Bonchev–Trinajstić information content (AvgIpc) is 3.15. The molecule has 0 aliphatic rings. The first-order chi connectivity index (χ1) is 15.0. The molecule has 0 radical (unpaired) electrons. The quantitative estimate of drug-likeness (QED) is 0.459. The molecule has 0 atom stereocenters. The highest BCUT2D eigenvalue weighted by atomic mass is 35.5. The highest BCUT2D eigenvalue weighted by molar-refractivity contribution is 7.92. The second-order valence-corrected chi connectivity index (χ2v) is 12.2. The summed E-state index contributed by atoms with van der Waals surface area (Å²) in [5, 5.41) is 0.792. The first-order valence-electron chi connectivity index (χ1n) is 10.3. The van der Waals surface area contributed by atoms with Crippen molar-refractivity contribution in [2.75, 3.05) is 32.1 Å². The van der Waals surface area contributed by atoms with Gasteiger partial charge in [0.2, 0.25) is 5.91 Å². The lowest BCUT2D eigenvalue weighted by Crippen LogP contribution is -2.37. The largest absolute Gasteiger partial charge is 0.308 e. The number of halogens is 1. The van der Waals surface area contributed by atoms with E-state index in [4.69, 9.17) is 16.6 Å². The molecule has 0 saturated carbocycles. The number of aryl methyl sites for hydroxylation is 1. The molecule has 0 spiro atoms. The molecule has 0 bridgehead atoms. The fraction of sp³-hybridized carbons (Fsp3) is 0.391. The van der Waals surface area contributed by atoms with Crippen LogP contribution >= 0.6 is 22.9 Å². The molecule has 3 aromatic rings. The third-order valence-electron chi connectivity index (χ3n) is 5.27. The van der Waals surface area contributed by atoms with Gasteiger partial charge in [-0.15, -0.1) is 0 Å². The summed E-state index contributed by atoms with van der Waals surface area (Å²) in [5.41, 5.74) is 2.46. The number of fused-ring (bicyclic) bond motifs is 1. The molecule has 0 aliphatic heterocycles. The minimum atomic E-state index is -3.34. The van der Waals surface area contributed by atoms with E-state index in [-0.39, 0.29) is 17.2 Å². The molecule has 0 unspecified atom stereocenters. The maximum Gasteiger partial charge on any atom is 0.233 e. The van der Waals surface area contributed by atoms with Crippen LogP contribution in [0.1, 0.15) is 25.0 Å². The van der Waals surface area contributed by atoms with Crippen LogP contribution in [0.15, 0.2) is 41.3 Å². The van der Waals surface area contributed by atoms with E-state index in [2.05, 4.69) is 0 Å². The van der Waals surface area contributed by atoms with E-state index in [1.807, 2.05) is 38.1 Å². The number of carbonyl (C=O) groups is 1. The van der Waals surface area contributed by atoms with Crippen LogP contribution in [0, 0.1) is 6.92 Å². The molecular weight excluding hydrogens is 466 g/mol. The van der Waals surface area contributed by atoms with Crippen molar-refractivity contribution in [1.82, 2.24) is 9.88 Å². The van der Waals surface area contributed by atoms with Gasteiger partial charge in [-0.25, -0.2) is 13.4 Å². The molecule has 2 aromatic carbocycles. The Labute approximate surface area is 198 Å². The maximum atomic E-state index is 13.3. The van der Waals surface area contributed by atoms with E-state index in [1.54, 1.807) is 43.0 Å². The topological polar surface area (TPSA) is 70.6 Å². The Morgan fingerprint density at radius 2 is 1.75 bits per heavy atom. The lowest BCUT2D eigenvalue weighted by atomic mass is 10.1. The van der Waals surface area contributed by atoms with Gasteiger partial charge < -0.3 is 4.90 Å². The van der Waals surface area contributed by atoms with Crippen molar-refractivity contribution < 1.29 is 13.2 Å². The molecule has 1 aromatic heterocycles. The van der Waals surface area contributed by atoms with Crippen LogP contribution in [0.3, 0.4) is 0 Å². The van der Waals surface area contributed by atoms with Crippen LogP contribution in [0.2, 0.25) is 5.02 Å².